The summed E-state index contributed by atoms with van der Waals surface area (Å²) in [6, 6.07) is 13.8. The summed E-state index contributed by atoms with van der Waals surface area (Å²) in [5, 5.41) is 10.2. The Hall–Kier alpha value is -2.59. The van der Waals surface area contributed by atoms with Gasteiger partial charge in [0.05, 0.1) is 10.5 Å². The molecule has 5 heteroatoms. The summed E-state index contributed by atoms with van der Waals surface area (Å²) >= 11 is 5.94. The predicted octanol–water partition coefficient (Wildman–Crippen LogP) is 4.38. The molecule has 0 aliphatic rings. The number of rotatable bonds is 3. The van der Waals surface area contributed by atoms with Gasteiger partial charge in [-0.05, 0) is 36.4 Å². The van der Waals surface area contributed by atoms with E-state index in [4.69, 9.17) is 16.3 Å². The van der Waals surface area contributed by atoms with Crippen LogP contribution in [0.25, 0.3) is 10.9 Å². The molecule has 3 rings (SSSR count). The molecule has 0 spiro atoms. The van der Waals surface area contributed by atoms with Gasteiger partial charge in [0.1, 0.15) is 17.1 Å². The Morgan fingerprint density at radius 3 is 2.62 bits per heavy atom. The van der Waals surface area contributed by atoms with Gasteiger partial charge in [0.25, 0.3) is 0 Å². The SMILES string of the molecule is O=C(O)c1c(Cl)cccc1Oc1cccc2ncccc12. The summed E-state index contributed by atoms with van der Waals surface area (Å²) < 4.78 is 5.76. The van der Waals surface area contributed by atoms with Crippen molar-refractivity contribution < 1.29 is 14.6 Å². The number of nitrogens with zero attached hydrogens (tertiary/aromatic N) is 1. The lowest BCUT2D eigenvalue weighted by Crippen LogP contribution is -2.01. The zero-order valence-corrected chi connectivity index (χ0v) is 11.5. The van der Waals surface area contributed by atoms with Crippen molar-refractivity contribution in [3.63, 3.8) is 0 Å². The van der Waals surface area contributed by atoms with Gasteiger partial charge in [0, 0.05) is 11.6 Å². The van der Waals surface area contributed by atoms with Gasteiger partial charge in [-0.25, -0.2) is 4.79 Å². The third-order valence-electron chi connectivity index (χ3n) is 3.01. The molecule has 0 fully saturated rings. The highest BCUT2D eigenvalue weighted by Crippen LogP contribution is 2.33. The van der Waals surface area contributed by atoms with E-state index in [2.05, 4.69) is 4.98 Å². The first-order valence-electron chi connectivity index (χ1n) is 6.20. The number of aromatic carboxylic acids is 1. The van der Waals surface area contributed by atoms with Crippen LogP contribution in [0.15, 0.2) is 54.7 Å². The van der Waals surface area contributed by atoms with Gasteiger partial charge < -0.3 is 9.84 Å². The molecule has 0 saturated carbocycles. The number of halogens is 1. The Morgan fingerprint density at radius 1 is 1.05 bits per heavy atom. The van der Waals surface area contributed by atoms with Crippen LogP contribution >= 0.6 is 11.6 Å². The number of carboxylic acid groups (broad SMARTS) is 1. The van der Waals surface area contributed by atoms with E-state index in [1.807, 2.05) is 12.1 Å². The molecule has 0 aliphatic carbocycles. The van der Waals surface area contributed by atoms with Crippen molar-refractivity contribution >= 4 is 28.5 Å². The third kappa shape index (κ3) is 2.53. The molecule has 104 valence electrons. The summed E-state index contributed by atoms with van der Waals surface area (Å²) in [6.07, 6.45) is 1.69. The molecule has 2 aromatic carbocycles. The number of carboxylic acids is 1. The molecule has 3 aromatic rings. The zero-order chi connectivity index (χ0) is 14.8. The Bertz CT molecular complexity index is 827. The van der Waals surface area contributed by atoms with Gasteiger partial charge in [-0.2, -0.15) is 0 Å². The van der Waals surface area contributed by atoms with Crippen LogP contribution in [0, 0.1) is 0 Å². The maximum atomic E-state index is 11.3. The Kier molecular flexibility index (Phi) is 3.46. The molecule has 1 N–H and O–H groups in total. The Morgan fingerprint density at radius 2 is 1.81 bits per heavy atom. The third-order valence-corrected chi connectivity index (χ3v) is 3.33. The van der Waals surface area contributed by atoms with E-state index < -0.39 is 5.97 Å². The zero-order valence-electron chi connectivity index (χ0n) is 10.8. The molecule has 0 radical (unpaired) electrons. The second-order valence-corrected chi connectivity index (χ2v) is 4.75. The highest BCUT2D eigenvalue weighted by molar-refractivity contribution is 6.33. The van der Waals surface area contributed by atoms with Crippen molar-refractivity contribution in [1.29, 1.82) is 0 Å². The maximum absolute atomic E-state index is 11.3. The molecule has 0 aliphatic heterocycles. The Balaban J connectivity index is 2.12. The van der Waals surface area contributed by atoms with E-state index in [-0.39, 0.29) is 16.3 Å². The molecule has 0 atom stereocenters. The highest BCUT2D eigenvalue weighted by Gasteiger charge is 2.16. The molecular weight excluding hydrogens is 290 g/mol. The fraction of sp³-hybridized carbons (Fsp3) is 0. The standard InChI is InChI=1S/C16H10ClNO3/c17-11-5-1-8-14(15(11)16(19)20)21-13-7-2-6-12-10(13)4-3-9-18-12/h1-9H,(H,19,20). The summed E-state index contributed by atoms with van der Waals surface area (Å²) in [7, 11) is 0. The normalized spacial score (nSPS) is 10.5. The number of aromatic nitrogens is 1. The summed E-state index contributed by atoms with van der Waals surface area (Å²) in [6.45, 7) is 0. The van der Waals surface area contributed by atoms with Crippen LogP contribution in [0.5, 0.6) is 11.5 Å². The number of carbonyl (C=O) groups is 1. The summed E-state index contributed by atoms with van der Waals surface area (Å²) in [4.78, 5) is 15.6. The number of ether oxygens (including phenoxy) is 1. The lowest BCUT2D eigenvalue weighted by Gasteiger charge is -2.11. The molecular formula is C16H10ClNO3. The molecule has 0 saturated heterocycles. The number of fused-ring (bicyclic) bond motifs is 1. The second kappa shape index (κ2) is 5.42. The van der Waals surface area contributed by atoms with Crippen LogP contribution in [-0.2, 0) is 0 Å². The largest absolute Gasteiger partial charge is 0.478 e. The fourth-order valence-corrected chi connectivity index (χ4v) is 2.33. The molecule has 21 heavy (non-hydrogen) atoms. The average Bonchev–Trinajstić information content (AvgIpc) is 2.47. The molecule has 0 bridgehead atoms. The van der Waals surface area contributed by atoms with Gasteiger partial charge in [0.2, 0.25) is 0 Å². The number of hydrogen-bond donors (Lipinski definition) is 1. The molecule has 4 nitrogen and oxygen atoms in total. The average molecular weight is 300 g/mol. The van der Waals surface area contributed by atoms with E-state index in [0.29, 0.717) is 5.75 Å². The van der Waals surface area contributed by atoms with Crippen LogP contribution in [-0.4, -0.2) is 16.1 Å². The van der Waals surface area contributed by atoms with Crippen molar-refractivity contribution in [2.75, 3.05) is 0 Å². The van der Waals surface area contributed by atoms with Crippen molar-refractivity contribution in [3.8, 4) is 11.5 Å². The van der Waals surface area contributed by atoms with Gasteiger partial charge >= 0.3 is 5.97 Å². The summed E-state index contributed by atoms with van der Waals surface area (Å²) in [5.41, 5.74) is 0.717. The maximum Gasteiger partial charge on any atom is 0.341 e. The summed E-state index contributed by atoms with van der Waals surface area (Å²) in [5.74, 6) is -0.398. The van der Waals surface area contributed by atoms with Crippen LogP contribution in [0.4, 0.5) is 0 Å². The van der Waals surface area contributed by atoms with Gasteiger partial charge in [-0.1, -0.05) is 23.7 Å². The quantitative estimate of drug-likeness (QED) is 0.779. The van der Waals surface area contributed by atoms with Crippen LogP contribution in [0.2, 0.25) is 5.02 Å². The van der Waals surface area contributed by atoms with Crippen LogP contribution in [0.1, 0.15) is 10.4 Å². The number of benzene rings is 2. The first-order chi connectivity index (χ1) is 10.2. The second-order valence-electron chi connectivity index (χ2n) is 4.35. The molecule has 1 aromatic heterocycles. The van der Waals surface area contributed by atoms with Gasteiger partial charge in [-0.15, -0.1) is 0 Å². The minimum atomic E-state index is -1.13. The van der Waals surface area contributed by atoms with Crippen molar-refractivity contribution in [2.24, 2.45) is 0 Å². The van der Waals surface area contributed by atoms with Crippen LogP contribution in [0.3, 0.4) is 0 Å². The first kappa shape index (κ1) is 13.4. The van der Waals surface area contributed by atoms with E-state index in [0.717, 1.165) is 10.9 Å². The minimum absolute atomic E-state index is 0.0555. The minimum Gasteiger partial charge on any atom is -0.478 e. The predicted molar refractivity (Wildman–Crippen MR) is 80.2 cm³/mol. The van der Waals surface area contributed by atoms with Crippen molar-refractivity contribution in [1.82, 2.24) is 4.98 Å². The Labute approximate surface area is 125 Å². The fourth-order valence-electron chi connectivity index (χ4n) is 2.08. The van der Waals surface area contributed by atoms with E-state index in [1.165, 1.54) is 6.07 Å². The lowest BCUT2D eigenvalue weighted by molar-refractivity contribution is 0.0694. The number of hydrogen-bond acceptors (Lipinski definition) is 3. The van der Waals surface area contributed by atoms with Crippen molar-refractivity contribution in [3.05, 3.63) is 65.3 Å². The topological polar surface area (TPSA) is 59.4 Å². The molecule has 0 unspecified atom stereocenters. The van der Waals surface area contributed by atoms with E-state index in [9.17, 15) is 9.90 Å². The van der Waals surface area contributed by atoms with E-state index >= 15 is 0 Å². The smallest absolute Gasteiger partial charge is 0.341 e. The van der Waals surface area contributed by atoms with E-state index in [1.54, 1.807) is 36.5 Å². The first-order valence-corrected chi connectivity index (χ1v) is 6.58. The van der Waals surface area contributed by atoms with Crippen LogP contribution < -0.4 is 4.74 Å². The molecule has 1 heterocycles. The van der Waals surface area contributed by atoms with Gasteiger partial charge in [-0.3, -0.25) is 4.98 Å². The molecule has 0 amide bonds. The highest BCUT2D eigenvalue weighted by atomic mass is 35.5. The lowest BCUT2D eigenvalue weighted by atomic mass is 10.2. The van der Waals surface area contributed by atoms with Crippen molar-refractivity contribution in [2.45, 2.75) is 0 Å². The van der Waals surface area contributed by atoms with Gasteiger partial charge in [0.15, 0.2) is 0 Å². The number of pyridine rings is 1. The monoisotopic (exact) mass is 299 g/mol.